The van der Waals surface area contributed by atoms with E-state index in [2.05, 4.69) is 0 Å². The lowest BCUT2D eigenvalue weighted by Crippen LogP contribution is -2.39. The number of nitrogens with zero attached hydrogens (tertiary/aromatic N) is 1. The maximum Gasteiger partial charge on any atom is 0.416 e. The fourth-order valence-electron chi connectivity index (χ4n) is 2.06. The summed E-state index contributed by atoms with van der Waals surface area (Å²) in [4.78, 5) is 11.7. The van der Waals surface area contributed by atoms with E-state index in [0.717, 1.165) is 12.1 Å². The van der Waals surface area contributed by atoms with Crippen molar-refractivity contribution in [3.63, 3.8) is 0 Å². The van der Waals surface area contributed by atoms with Gasteiger partial charge in [0.05, 0.1) is 28.1 Å². The minimum atomic E-state index is -4.67. The third kappa shape index (κ3) is 4.13. The van der Waals surface area contributed by atoms with Gasteiger partial charge in [0.15, 0.2) is 0 Å². The molecule has 1 aromatic rings. The van der Waals surface area contributed by atoms with Crippen LogP contribution in [0.5, 0.6) is 0 Å². The largest absolute Gasteiger partial charge is 0.465 e. The number of carbonyl (C=O) groups is 1. The molecule has 0 N–H and O–H groups in total. The van der Waals surface area contributed by atoms with Crippen LogP contribution in [0.4, 0.5) is 18.9 Å². The molecule has 1 aliphatic carbocycles. The van der Waals surface area contributed by atoms with E-state index >= 15 is 0 Å². The molecule has 0 bridgehead atoms. The third-order valence-corrected chi connectivity index (χ3v) is 5.95. The van der Waals surface area contributed by atoms with Gasteiger partial charge in [0.25, 0.3) is 0 Å². The summed E-state index contributed by atoms with van der Waals surface area (Å²) in [5.74, 6) is -0.866. The molecule has 10 heteroatoms. The molecule has 1 fully saturated rings. The molecule has 0 spiro atoms. The molecular formula is C14H15ClF3NO4S. The van der Waals surface area contributed by atoms with Crippen LogP contribution in [-0.2, 0) is 25.7 Å². The maximum absolute atomic E-state index is 12.9. The van der Waals surface area contributed by atoms with E-state index in [9.17, 15) is 26.4 Å². The molecule has 0 aromatic heterocycles. The minimum Gasteiger partial charge on any atom is -0.465 e. The Labute approximate surface area is 142 Å². The van der Waals surface area contributed by atoms with Gasteiger partial charge in [-0.1, -0.05) is 11.6 Å². The van der Waals surface area contributed by atoms with Crippen LogP contribution in [0.1, 0.15) is 25.3 Å². The third-order valence-electron chi connectivity index (χ3n) is 3.37. The van der Waals surface area contributed by atoms with Crippen LogP contribution in [0.2, 0.25) is 5.02 Å². The highest BCUT2D eigenvalue weighted by Crippen LogP contribution is 2.39. The summed E-state index contributed by atoms with van der Waals surface area (Å²) in [6, 6.07) is 2.33. The van der Waals surface area contributed by atoms with Crippen LogP contribution in [0.25, 0.3) is 0 Å². The van der Waals surface area contributed by atoms with Crippen molar-refractivity contribution < 1.29 is 31.1 Å². The molecule has 0 heterocycles. The second-order valence-electron chi connectivity index (χ2n) is 5.22. The van der Waals surface area contributed by atoms with Crippen molar-refractivity contribution >= 4 is 33.3 Å². The number of carbonyl (C=O) groups excluding carboxylic acids is 1. The van der Waals surface area contributed by atoms with Gasteiger partial charge < -0.3 is 4.74 Å². The predicted octanol–water partition coefficient (Wildman–Crippen LogP) is 3.22. The molecule has 0 amide bonds. The molecule has 0 aliphatic heterocycles. The second-order valence-corrected chi connectivity index (χ2v) is 7.76. The first-order valence-electron chi connectivity index (χ1n) is 7.11. The van der Waals surface area contributed by atoms with Crippen LogP contribution in [0.15, 0.2) is 18.2 Å². The summed E-state index contributed by atoms with van der Waals surface area (Å²) < 4.78 is 69.1. The smallest absolute Gasteiger partial charge is 0.416 e. The average Bonchev–Trinajstić information content (AvgIpc) is 3.29. The first kappa shape index (κ1) is 18.9. The van der Waals surface area contributed by atoms with Crippen molar-refractivity contribution in [1.82, 2.24) is 0 Å². The van der Waals surface area contributed by atoms with Crippen molar-refractivity contribution in [2.24, 2.45) is 0 Å². The van der Waals surface area contributed by atoms with Crippen molar-refractivity contribution in [1.29, 1.82) is 0 Å². The van der Waals surface area contributed by atoms with Gasteiger partial charge in [-0.05, 0) is 38.0 Å². The highest BCUT2D eigenvalue weighted by molar-refractivity contribution is 7.93. The lowest BCUT2D eigenvalue weighted by molar-refractivity contribution is -0.141. The van der Waals surface area contributed by atoms with Crippen LogP contribution in [0, 0.1) is 0 Å². The lowest BCUT2D eigenvalue weighted by Gasteiger charge is -2.25. The standard InChI is InChI=1S/C14H15ClF3NO4S/c1-2-23-13(20)8-19(24(21,22)10-4-5-10)12-7-9(14(16,17)18)3-6-11(12)15/h3,6-7,10H,2,4-5,8H2,1H3. The number of halogens is 4. The summed E-state index contributed by atoms with van der Waals surface area (Å²) >= 11 is 5.91. The highest BCUT2D eigenvalue weighted by Gasteiger charge is 2.42. The Hall–Kier alpha value is -1.48. The number of benzene rings is 1. The SMILES string of the molecule is CCOC(=O)CN(c1cc(C(F)(F)F)ccc1Cl)S(=O)(=O)C1CC1. The van der Waals surface area contributed by atoms with Gasteiger partial charge in [0, 0.05) is 0 Å². The quantitative estimate of drug-likeness (QED) is 0.705. The number of hydrogen-bond acceptors (Lipinski definition) is 4. The topological polar surface area (TPSA) is 63.7 Å². The fourth-order valence-corrected chi connectivity index (χ4v) is 4.13. The Morgan fingerprint density at radius 1 is 1.38 bits per heavy atom. The Kier molecular flexibility index (Phi) is 5.34. The van der Waals surface area contributed by atoms with Gasteiger partial charge in [0.2, 0.25) is 10.0 Å². The van der Waals surface area contributed by atoms with Gasteiger partial charge in [-0.15, -0.1) is 0 Å². The zero-order chi connectivity index (χ0) is 18.1. The van der Waals surface area contributed by atoms with Crippen molar-refractivity contribution in [3.05, 3.63) is 28.8 Å². The molecule has 0 unspecified atom stereocenters. The van der Waals surface area contributed by atoms with Gasteiger partial charge in [-0.25, -0.2) is 8.42 Å². The Morgan fingerprint density at radius 2 is 2.00 bits per heavy atom. The van der Waals surface area contributed by atoms with E-state index in [1.54, 1.807) is 0 Å². The Bertz CT molecular complexity index is 732. The molecule has 1 aromatic carbocycles. The molecule has 0 saturated heterocycles. The molecule has 2 rings (SSSR count). The molecule has 5 nitrogen and oxygen atoms in total. The summed E-state index contributed by atoms with van der Waals surface area (Å²) in [6.45, 7) is 0.828. The summed E-state index contributed by atoms with van der Waals surface area (Å²) in [6.07, 6.45) is -3.89. The molecule has 0 radical (unpaired) electrons. The number of hydrogen-bond donors (Lipinski definition) is 0. The zero-order valence-corrected chi connectivity index (χ0v) is 14.2. The highest BCUT2D eigenvalue weighted by atomic mass is 35.5. The summed E-state index contributed by atoms with van der Waals surface area (Å²) in [5.41, 5.74) is -1.44. The summed E-state index contributed by atoms with van der Waals surface area (Å²) in [5, 5.41) is -0.922. The predicted molar refractivity (Wildman–Crippen MR) is 82.4 cm³/mol. The van der Waals surface area contributed by atoms with Crippen LogP contribution in [0.3, 0.4) is 0 Å². The monoisotopic (exact) mass is 385 g/mol. The van der Waals surface area contributed by atoms with Crippen molar-refractivity contribution in [3.8, 4) is 0 Å². The van der Waals surface area contributed by atoms with Crippen molar-refractivity contribution in [2.75, 3.05) is 17.5 Å². The van der Waals surface area contributed by atoms with Crippen LogP contribution >= 0.6 is 11.6 Å². The number of rotatable bonds is 6. The zero-order valence-electron chi connectivity index (χ0n) is 12.6. The van der Waals surface area contributed by atoms with E-state index in [1.807, 2.05) is 0 Å². The first-order chi connectivity index (χ1) is 11.1. The molecular weight excluding hydrogens is 371 g/mol. The molecule has 1 saturated carbocycles. The number of sulfonamides is 1. The normalized spacial score (nSPS) is 15.2. The first-order valence-corrected chi connectivity index (χ1v) is 8.99. The molecule has 24 heavy (non-hydrogen) atoms. The maximum atomic E-state index is 12.9. The van der Waals surface area contributed by atoms with Crippen LogP contribution in [-0.4, -0.2) is 32.8 Å². The van der Waals surface area contributed by atoms with Gasteiger partial charge in [-0.3, -0.25) is 9.10 Å². The molecule has 1 aliphatic rings. The Balaban J connectivity index is 2.48. The lowest BCUT2D eigenvalue weighted by atomic mass is 10.2. The van der Waals surface area contributed by atoms with Gasteiger partial charge in [-0.2, -0.15) is 13.2 Å². The number of anilines is 1. The van der Waals surface area contributed by atoms with Crippen LogP contribution < -0.4 is 4.31 Å². The van der Waals surface area contributed by atoms with E-state index in [0.29, 0.717) is 23.2 Å². The van der Waals surface area contributed by atoms with Gasteiger partial charge >= 0.3 is 12.1 Å². The molecule has 134 valence electrons. The second kappa shape index (κ2) is 6.79. The van der Waals surface area contributed by atoms with E-state index in [-0.39, 0.29) is 17.3 Å². The van der Waals surface area contributed by atoms with Crippen molar-refractivity contribution in [2.45, 2.75) is 31.2 Å². The van der Waals surface area contributed by atoms with Gasteiger partial charge in [0.1, 0.15) is 6.54 Å². The number of esters is 1. The summed E-state index contributed by atoms with van der Waals surface area (Å²) in [7, 11) is -4.00. The van der Waals surface area contributed by atoms with E-state index in [1.165, 1.54) is 6.92 Å². The minimum absolute atomic E-state index is 0.0203. The van der Waals surface area contributed by atoms with E-state index in [4.69, 9.17) is 16.3 Å². The number of ether oxygens (including phenoxy) is 1. The Morgan fingerprint density at radius 3 is 2.50 bits per heavy atom. The fraction of sp³-hybridized carbons (Fsp3) is 0.500. The average molecular weight is 386 g/mol. The van der Waals surface area contributed by atoms with E-state index < -0.39 is 39.5 Å². The molecule has 0 atom stereocenters. The number of alkyl halides is 3.